The Kier molecular flexibility index (Phi) is 3.85. The van der Waals surface area contributed by atoms with Crippen LogP contribution in [-0.2, 0) is 0 Å². The fourth-order valence-corrected chi connectivity index (χ4v) is 1.62. The molecule has 0 radical (unpaired) electrons. The Morgan fingerprint density at radius 3 is 2.84 bits per heavy atom. The smallest absolute Gasteiger partial charge is 0.197 e. The summed E-state index contributed by atoms with van der Waals surface area (Å²) < 4.78 is 31.8. The topological polar surface area (TPSA) is 39.2 Å². The second-order valence-electron chi connectivity index (χ2n) is 3.77. The van der Waals surface area contributed by atoms with Gasteiger partial charge in [-0.1, -0.05) is 6.07 Å². The second-order valence-corrected chi connectivity index (χ2v) is 3.77. The summed E-state index contributed by atoms with van der Waals surface area (Å²) in [5.41, 5.74) is -0.175. The summed E-state index contributed by atoms with van der Waals surface area (Å²) in [5, 5.41) is 0. The van der Waals surface area contributed by atoms with E-state index in [-0.39, 0.29) is 11.1 Å². The highest BCUT2D eigenvalue weighted by Gasteiger charge is 2.17. The quantitative estimate of drug-likeness (QED) is 0.796. The third kappa shape index (κ3) is 2.76. The molecule has 0 spiro atoms. The number of carbonyl (C=O) groups is 1. The highest BCUT2D eigenvalue weighted by atomic mass is 19.2. The summed E-state index contributed by atoms with van der Waals surface area (Å²) in [6.45, 7) is 2.22. The van der Waals surface area contributed by atoms with Gasteiger partial charge < -0.3 is 4.74 Å². The molecule has 3 nitrogen and oxygen atoms in total. The van der Waals surface area contributed by atoms with Crippen LogP contribution in [0.3, 0.4) is 0 Å². The predicted molar refractivity (Wildman–Crippen MR) is 65.2 cm³/mol. The first-order chi connectivity index (χ1) is 9.13. The highest BCUT2D eigenvalue weighted by molar-refractivity contribution is 6.09. The summed E-state index contributed by atoms with van der Waals surface area (Å²) >= 11 is 0. The SMILES string of the molecule is CCOc1cncc(C(=O)c2cccc(F)c2F)c1. The zero-order valence-electron chi connectivity index (χ0n) is 10.2. The maximum absolute atomic E-state index is 13.5. The van der Waals surface area contributed by atoms with Crippen molar-refractivity contribution in [3.05, 3.63) is 59.4 Å². The molecule has 1 aromatic heterocycles. The van der Waals surface area contributed by atoms with Crippen molar-refractivity contribution in [1.82, 2.24) is 4.98 Å². The van der Waals surface area contributed by atoms with Crippen molar-refractivity contribution < 1.29 is 18.3 Å². The number of nitrogens with zero attached hydrogens (tertiary/aromatic N) is 1. The number of hydrogen-bond acceptors (Lipinski definition) is 3. The first-order valence-corrected chi connectivity index (χ1v) is 5.70. The fraction of sp³-hybridized carbons (Fsp3) is 0.143. The van der Waals surface area contributed by atoms with E-state index in [0.717, 1.165) is 6.07 Å². The van der Waals surface area contributed by atoms with Crippen molar-refractivity contribution in [1.29, 1.82) is 0 Å². The highest BCUT2D eigenvalue weighted by Crippen LogP contribution is 2.18. The normalized spacial score (nSPS) is 10.3. The van der Waals surface area contributed by atoms with Crippen molar-refractivity contribution in [2.24, 2.45) is 0 Å². The van der Waals surface area contributed by atoms with Gasteiger partial charge in [0.25, 0.3) is 0 Å². The van der Waals surface area contributed by atoms with E-state index in [0.29, 0.717) is 12.4 Å². The Morgan fingerprint density at radius 2 is 2.11 bits per heavy atom. The monoisotopic (exact) mass is 263 g/mol. The van der Waals surface area contributed by atoms with Gasteiger partial charge in [-0.05, 0) is 25.1 Å². The molecule has 0 aliphatic heterocycles. The number of rotatable bonds is 4. The maximum atomic E-state index is 13.5. The summed E-state index contributed by atoms with van der Waals surface area (Å²) in [6, 6.07) is 4.92. The lowest BCUT2D eigenvalue weighted by molar-refractivity contribution is 0.103. The van der Waals surface area contributed by atoms with Crippen LogP contribution in [0, 0.1) is 11.6 Å². The van der Waals surface area contributed by atoms with E-state index in [1.54, 1.807) is 6.92 Å². The molecule has 2 rings (SSSR count). The van der Waals surface area contributed by atoms with Crippen molar-refractivity contribution >= 4 is 5.78 Å². The second kappa shape index (κ2) is 5.56. The van der Waals surface area contributed by atoms with Gasteiger partial charge in [0.05, 0.1) is 18.4 Å². The molecule has 98 valence electrons. The van der Waals surface area contributed by atoms with Crippen LogP contribution in [0.1, 0.15) is 22.8 Å². The standard InChI is InChI=1S/C14H11F2NO2/c1-2-19-10-6-9(7-17-8-10)14(18)11-4-3-5-12(15)13(11)16/h3-8H,2H2,1H3. The van der Waals surface area contributed by atoms with Gasteiger partial charge in [0.1, 0.15) is 5.75 Å². The van der Waals surface area contributed by atoms with E-state index >= 15 is 0 Å². The van der Waals surface area contributed by atoms with Gasteiger partial charge in [0.15, 0.2) is 17.4 Å². The largest absolute Gasteiger partial charge is 0.492 e. The van der Waals surface area contributed by atoms with Gasteiger partial charge >= 0.3 is 0 Å². The number of pyridine rings is 1. The molecule has 0 bridgehead atoms. The van der Waals surface area contributed by atoms with Crippen LogP contribution < -0.4 is 4.74 Å². The van der Waals surface area contributed by atoms with Crippen LogP contribution in [0.25, 0.3) is 0 Å². The molecule has 0 saturated carbocycles. The molecule has 5 heteroatoms. The van der Waals surface area contributed by atoms with Gasteiger partial charge in [0.2, 0.25) is 0 Å². The minimum Gasteiger partial charge on any atom is -0.492 e. The third-order valence-electron chi connectivity index (χ3n) is 2.48. The molecule has 1 heterocycles. The molecule has 19 heavy (non-hydrogen) atoms. The van der Waals surface area contributed by atoms with Crippen molar-refractivity contribution in [3.8, 4) is 5.75 Å². The van der Waals surface area contributed by atoms with Gasteiger partial charge in [-0.15, -0.1) is 0 Å². The van der Waals surface area contributed by atoms with Crippen LogP contribution in [0.4, 0.5) is 8.78 Å². The zero-order valence-corrected chi connectivity index (χ0v) is 10.2. The number of carbonyl (C=O) groups excluding carboxylic acids is 1. The van der Waals surface area contributed by atoms with E-state index < -0.39 is 17.4 Å². The molecule has 0 saturated heterocycles. The van der Waals surface area contributed by atoms with Crippen LogP contribution in [0.15, 0.2) is 36.7 Å². The Bertz CT molecular complexity index is 614. The summed E-state index contributed by atoms with van der Waals surface area (Å²) in [5.74, 6) is -2.44. The molecule has 0 unspecified atom stereocenters. The summed E-state index contributed by atoms with van der Waals surface area (Å²) in [6.07, 6.45) is 2.73. The summed E-state index contributed by atoms with van der Waals surface area (Å²) in [4.78, 5) is 15.9. The average molecular weight is 263 g/mol. The zero-order chi connectivity index (χ0) is 13.8. The third-order valence-corrected chi connectivity index (χ3v) is 2.48. The molecule has 0 aliphatic carbocycles. The van der Waals surface area contributed by atoms with E-state index in [9.17, 15) is 13.6 Å². The summed E-state index contributed by atoms with van der Waals surface area (Å²) in [7, 11) is 0. The number of benzene rings is 1. The lowest BCUT2D eigenvalue weighted by Crippen LogP contribution is -2.06. The molecule has 0 fully saturated rings. The molecule has 0 N–H and O–H groups in total. The average Bonchev–Trinajstić information content (AvgIpc) is 2.42. The minimum absolute atomic E-state index is 0.149. The molecular weight excluding hydrogens is 252 g/mol. The predicted octanol–water partition coefficient (Wildman–Crippen LogP) is 2.99. The van der Waals surface area contributed by atoms with Gasteiger partial charge in [-0.2, -0.15) is 0 Å². The molecule has 0 amide bonds. The Morgan fingerprint density at radius 1 is 1.32 bits per heavy atom. The van der Waals surface area contributed by atoms with E-state index in [1.807, 2.05) is 0 Å². The first-order valence-electron chi connectivity index (χ1n) is 5.70. The molecule has 0 aliphatic rings. The number of hydrogen-bond donors (Lipinski definition) is 0. The number of ether oxygens (including phenoxy) is 1. The first kappa shape index (κ1) is 13.1. The van der Waals surface area contributed by atoms with Crippen molar-refractivity contribution in [3.63, 3.8) is 0 Å². The van der Waals surface area contributed by atoms with Crippen molar-refractivity contribution in [2.45, 2.75) is 6.92 Å². The van der Waals surface area contributed by atoms with E-state index in [4.69, 9.17) is 4.74 Å². The lowest BCUT2D eigenvalue weighted by atomic mass is 10.0. The Balaban J connectivity index is 2.38. The van der Waals surface area contributed by atoms with E-state index in [2.05, 4.69) is 4.98 Å². The molecule has 2 aromatic rings. The van der Waals surface area contributed by atoms with Gasteiger partial charge in [-0.25, -0.2) is 8.78 Å². The lowest BCUT2D eigenvalue weighted by Gasteiger charge is -2.06. The van der Waals surface area contributed by atoms with E-state index in [1.165, 1.54) is 30.6 Å². The van der Waals surface area contributed by atoms with Crippen molar-refractivity contribution in [2.75, 3.05) is 6.61 Å². The van der Waals surface area contributed by atoms with Crippen LogP contribution in [0.5, 0.6) is 5.75 Å². The van der Waals surface area contributed by atoms with Gasteiger partial charge in [-0.3, -0.25) is 9.78 Å². The molecular formula is C14H11F2NO2. The minimum atomic E-state index is -1.16. The van der Waals surface area contributed by atoms with Crippen LogP contribution in [-0.4, -0.2) is 17.4 Å². The van der Waals surface area contributed by atoms with Crippen LogP contribution >= 0.6 is 0 Å². The van der Waals surface area contributed by atoms with Crippen LogP contribution in [0.2, 0.25) is 0 Å². The number of ketones is 1. The molecule has 1 aromatic carbocycles. The molecule has 0 atom stereocenters. The number of halogens is 2. The Labute approximate surface area is 108 Å². The Hall–Kier alpha value is -2.30. The maximum Gasteiger partial charge on any atom is 0.197 e. The number of aromatic nitrogens is 1. The fourth-order valence-electron chi connectivity index (χ4n) is 1.62. The van der Waals surface area contributed by atoms with Gasteiger partial charge in [0, 0.05) is 11.8 Å².